The quantitative estimate of drug-likeness (QED) is 0.709. The molecule has 0 spiro atoms. The summed E-state index contributed by atoms with van der Waals surface area (Å²) in [5, 5.41) is 6.71. The van der Waals surface area contributed by atoms with Crippen molar-refractivity contribution in [2.75, 3.05) is 32.8 Å². The lowest BCUT2D eigenvalue weighted by Gasteiger charge is -2.26. The molecule has 8 nitrogen and oxygen atoms in total. The highest BCUT2D eigenvalue weighted by Gasteiger charge is 2.16. The molecule has 0 bridgehead atoms. The van der Waals surface area contributed by atoms with Gasteiger partial charge in [0.1, 0.15) is 0 Å². The summed E-state index contributed by atoms with van der Waals surface area (Å²) < 4.78 is 5.37. The number of ether oxygens (including phenoxy) is 1. The van der Waals surface area contributed by atoms with Crippen LogP contribution in [-0.4, -0.2) is 63.8 Å². The van der Waals surface area contributed by atoms with Crippen molar-refractivity contribution >= 4 is 16.9 Å². The lowest BCUT2D eigenvalue weighted by Crippen LogP contribution is -2.37. The number of nitrogens with two attached hydrogens (primary N) is 1. The van der Waals surface area contributed by atoms with Crippen LogP contribution in [0.2, 0.25) is 0 Å². The average Bonchev–Trinajstić information content (AvgIpc) is 3.20. The highest BCUT2D eigenvalue weighted by molar-refractivity contribution is 5.97. The minimum atomic E-state index is -0.480. The van der Waals surface area contributed by atoms with E-state index in [1.54, 1.807) is 18.5 Å². The number of nitrogens with zero attached hydrogens (tertiary/aromatic N) is 4. The molecule has 0 radical (unpaired) electrons. The Balaban J connectivity index is 1.65. The zero-order chi connectivity index (χ0) is 17.9. The van der Waals surface area contributed by atoms with E-state index in [-0.39, 0.29) is 0 Å². The molecule has 1 saturated heterocycles. The number of nitrogens with one attached hydrogen (secondary N) is 1. The summed E-state index contributed by atoms with van der Waals surface area (Å²) in [5.74, 6) is -0.480. The van der Waals surface area contributed by atoms with Crippen molar-refractivity contribution in [2.45, 2.75) is 6.42 Å². The number of amides is 1. The molecular weight excluding hydrogens is 332 g/mol. The third-order valence-corrected chi connectivity index (χ3v) is 4.58. The molecule has 1 amide bonds. The van der Waals surface area contributed by atoms with Crippen LogP contribution in [0.25, 0.3) is 22.3 Å². The molecule has 3 N–H and O–H groups in total. The highest BCUT2D eigenvalue weighted by Crippen LogP contribution is 2.21. The fourth-order valence-corrected chi connectivity index (χ4v) is 3.14. The smallest absolute Gasteiger partial charge is 0.250 e. The molecule has 26 heavy (non-hydrogen) atoms. The number of rotatable bonds is 5. The van der Waals surface area contributed by atoms with Crippen LogP contribution >= 0.6 is 0 Å². The maximum absolute atomic E-state index is 11.9. The molecule has 1 aliphatic heterocycles. The minimum Gasteiger partial charge on any atom is -0.379 e. The first-order valence-corrected chi connectivity index (χ1v) is 8.60. The summed E-state index contributed by atoms with van der Waals surface area (Å²) in [6.45, 7) is 4.11. The standard InChI is InChI=1S/C18H20N6O2/c19-18(25)13-9-17-16(2-1-14(22-17)12-10-20-21-11-12)23-15(13)3-4-24-5-7-26-8-6-24/h1-2,9-11H,3-8H2,(H2,19,25)(H,20,21). The second-order valence-electron chi connectivity index (χ2n) is 6.27. The van der Waals surface area contributed by atoms with Crippen LogP contribution in [-0.2, 0) is 11.2 Å². The molecule has 4 heterocycles. The van der Waals surface area contributed by atoms with Gasteiger partial charge >= 0.3 is 0 Å². The van der Waals surface area contributed by atoms with Gasteiger partial charge in [0.25, 0.3) is 5.91 Å². The Bertz CT molecular complexity index is 919. The van der Waals surface area contributed by atoms with Gasteiger partial charge in [0.2, 0.25) is 0 Å². The van der Waals surface area contributed by atoms with E-state index < -0.39 is 5.91 Å². The van der Waals surface area contributed by atoms with E-state index in [1.807, 2.05) is 12.1 Å². The van der Waals surface area contributed by atoms with E-state index in [0.717, 1.165) is 49.6 Å². The van der Waals surface area contributed by atoms with E-state index in [2.05, 4.69) is 25.1 Å². The third-order valence-electron chi connectivity index (χ3n) is 4.58. The molecule has 3 aromatic heterocycles. The number of aromatic nitrogens is 4. The van der Waals surface area contributed by atoms with Gasteiger partial charge in [0, 0.05) is 37.8 Å². The molecule has 4 rings (SSSR count). The number of pyridine rings is 2. The van der Waals surface area contributed by atoms with Crippen LogP contribution in [0, 0.1) is 0 Å². The van der Waals surface area contributed by atoms with Crippen LogP contribution in [0.5, 0.6) is 0 Å². The summed E-state index contributed by atoms with van der Waals surface area (Å²) in [6, 6.07) is 5.55. The van der Waals surface area contributed by atoms with Gasteiger partial charge in [0.05, 0.1) is 47.4 Å². The molecule has 1 aliphatic rings. The predicted octanol–water partition coefficient (Wildman–Crippen LogP) is 0.993. The summed E-state index contributed by atoms with van der Waals surface area (Å²) in [7, 11) is 0. The number of carbonyl (C=O) groups excluding carboxylic acids is 1. The Morgan fingerprint density at radius 1 is 1.23 bits per heavy atom. The van der Waals surface area contributed by atoms with E-state index in [1.165, 1.54) is 0 Å². The molecule has 8 heteroatoms. The first-order chi connectivity index (χ1) is 12.7. The molecule has 3 aromatic rings. The zero-order valence-corrected chi connectivity index (χ0v) is 14.3. The molecular formula is C18H20N6O2. The second-order valence-corrected chi connectivity index (χ2v) is 6.27. The van der Waals surface area contributed by atoms with Gasteiger partial charge < -0.3 is 10.5 Å². The number of H-pyrrole nitrogens is 1. The van der Waals surface area contributed by atoms with Gasteiger partial charge in [-0.15, -0.1) is 0 Å². The lowest BCUT2D eigenvalue weighted by atomic mass is 10.1. The van der Waals surface area contributed by atoms with Gasteiger partial charge in [-0.1, -0.05) is 0 Å². The number of morpholine rings is 1. The summed E-state index contributed by atoms with van der Waals surface area (Å²) in [5.41, 5.74) is 9.78. The Kier molecular flexibility index (Phi) is 4.59. The Labute approximate surface area is 150 Å². The Hall–Kier alpha value is -2.84. The maximum Gasteiger partial charge on any atom is 0.250 e. The summed E-state index contributed by atoms with van der Waals surface area (Å²) >= 11 is 0. The number of carbonyl (C=O) groups is 1. The van der Waals surface area contributed by atoms with Gasteiger partial charge in [-0.3, -0.25) is 19.8 Å². The van der Waals surface area contributed by atoms with Crippen LogP contribution in [0.3, 0.4) is 0 Å². The second kappa shape index (κ2) is 7.19. The average molecular weight is 352 g/mol. The number of aromatic amines is 1. The number of hydrogen-bond acceptors (Lipinski definition) is 6. The van der Waals surface area contributed by atoms with Crippen molar-refractivity contribution in [3.63, 3.8) is 0 Å². The van der Waals surface area contributed by atoms with Crippen molar-refractivity contribution in [3.05, 3.63) is 41.9 Å². The number of fused-ring (bicyclic) bond motifs is 1. The Morgan fingerprint density at radius 3 is 2.81 bits per heavy atom. The normalized spacial score (nSPS) is 15.4. The first kappa shape index (κ1) is 16.6. The van der Waals surface area contributed by atoms with Gasteiger partial charge in [0.15, 0.2) is 0 Å². The first-order valence-electron chi connectivity index (χ1n) is 8.60. The third kappa shape index (κ3) is 3.42. The van der Waals surface area contributed by atoms with Crippen LogP contribution in [0.15, 0.2) is 30.6 Å². The van der Waals surface area contributed by atoms with E-state index in [4.69, 9.17) is 10.5 Å². The van der Waals surface area contributed by atoms with Crippen molar-refractivity contribution in [1.29, 1.82) is 0 Å². The van der Waals surface area contributed by atoms with Crippen LogP contribution < -0.4 is 5.73 Å². The van der Waals surface area contributed by atoms with Crippen molar-refractivity contribution in [1.82, 2.24) is 25.1 Å². The summed E-state index contributed by atoms with van der Waals surface area (Å²) in [6.07, 6.45) is 4.14. The fourth-order valence-electron chi connectivity index (χ4n) is 3.14. The van der Waals surface area contributed by atoms with Crippen molar-refractivity contribution in [3.8, 4) is 11.3 Å². The zero-order valence-electron chi connectivity index (χ0n) is 14.3. The van der Waals surface area contributed by atoms with Crippen molar-refractivity contribution < 1.29 is 9.53 Å². The molecule has 134 valence electrons. The number of primary amides is 1. The molecule has 0 aliphatic carbocycles. The molecule has 1 fully saturated rings. The highest BCUT2D eigenvalue weighted by atomic mass is 16.5. The van der Waals surface area contributed by atoms with Crippen molar-refractivity contribution in [2.24, 2.45) is 5.73 Å². The van der Waals surface area contributed by atoms with Gasteiger partial charge in [-0.05, 0) is 18.2 Å². The fraction of sp³-hybridized carbons (Fsp3) is 0.333. The van der Waals surface area contributed by atoms with Crippen LogP contribution in [0.1, 0.15) is 16.1 Å². The topological polar surface area (TPSA) is 110 Å². The van der Waals surface area contributed by atoms with E-state index >= 15 is 0 Å². The maximum atomic E-state index is 11.9. The SMILES string of the molecule is NC(=O)c1cc2nc(-c3cn[nH]c3)ccc2nc1CCN1CCOCC1. The van der Waals surface area contributed by atoms with Gasteiger partial charge in [-0.25, -0.2) is 4.98 Å². The Morgan fingerprint density at radius 2 is 2.08 bits per heavy atom. The monoisotopic (exact) mass is 352 g/mol. The molecule has 0 atom stereocenters. The lowest BCUT2D eigenvalue weighted by molar-refractivity contribution is 0.0383. The molecule has 0 aromatic carbocycles. The van der Waals surface area contributed by atoms with E-state index in [0.29, 0.717) is 23.2 Å². The molecule has 0 saturated carbocycles. The minimum absolute atomic E-state index is 0.433. The van der Waals surface area contributed by atoms with Gasteiger partial charge in [-0.2, -0.15) is 5.10 Å². The largest absolute Gasteiger partial charge is 0.379 e. The predicted molar refractivity (Wildman–Crippen MR) is 96.6 cm³/mol. The molecule has 0 unspecified atom stereocenters. The summed E-state index contributed by atoms with van der Waals surface area (Å²) in [4.78, 5) is 23.5. The van der Waals surface area contributed by atoms with E-state index in [9.17, 15) is 4.79 Å². The van der Waals surface area contributed by atoms with Crippen LogP contribution in [0.4, 0.5) is 0 Å². The number of hydrogen-bond donors (Lipinski definition) is 2.